The van der Waals surface area contributed by atoms with Crippen molar-refractivity contribution in [1.82, 2.24) is 0 Å². The van der Waals surface area contributed by atoms with E-state index in [1.807, 2.05) is 11.3 Å². The number of hydrogen-bond donors (Lipinski definition) is 0. The summed E-state index contributed by atoms with van der Waals surface area (Å²) in [6.07, 6.45) is 0. The van der Waals surface area contributed by atoms with Crippen LogP contribution >= 0.6 is 11.3 Å². The molecule has 47 heavy (non-hydrogen) atoms. The Morgan fingerprint density at radius 3 is 1.91 bits per heavy atom. The molecule has 0 fully saturated rings. The van der Waals surface area contributed by atoms with Gasteiger partial charge in [-0.1, -0.05) is 129 Å². The van der Waals surface area contributed by atoms with E-state index in [1.165, 1.54) is 64.7 Å². The second-order valence-electron chi connectivity index (χ2n) is 12.9. The van der Waals surface area contributed by atoms with Crippen LogP contribution in [0.25, 0.3) is 53.6 Å². The van der Waals surface area contributed by atoms with Gasteiger partial charge < -0.3 is 4.90 Å². The molecule has 224 valence electrons. The van der Waals surface area contributed by atoms with Crippen molar-refractivity contribution in [1.29, 1.82) is 0 Å². The van der Waals surface area contributed by atoms with Crippen LogP contribution in [0.15, 0.2) is 164 Å². The number of nitrogens with zero attached hydrogens (tertiary/aromatic N) is 1. The Bertz CT molecular complexity index is 2430. The summed E-state index contributed by atoms with van der Waals surface area (Å²) < 4.78 is 2.66. The molecule has 0 unspecified atom stereocenters. The molecule has 0 atom stereocenters. The standard InChI is InChI=1S/C45H33NS/c1-45(2)39-19-9-6-16-36(39)38-29-31(25-28-40(38)45)34-15-7-10-20-41(34)46(32-13-4-3-5-14-32)33-26-23-30(24-27-33)35-18-12-22-43-44(35)37-17-8-11-21-42(37)47-43/h3-29H,1-2H3. The molecule has 2 heteroatoms. The fourth-order valence-electron chi connectivity index (χ4n) is 7.61. The van der Waals surface area contributed by atoms with Gasteiger partial charge in [0.1, 0.15) is 0 Å². The Labute approximate surface area is 280 Å². The van der Waals surface area contributed by atoms with Crippen molar-refractivity contribution in [3.63, 3.8) is 0 Å². The van der Waals surface area contributed by atoms with E-state index in [0.29, 0.717) is 0 Å². The van der Waals surface area contributed by atoms with Crippen molar-refractivity contribution in [2.45, 2.75) is 19.3 Å². The van der Waals surface area contributed by atoms with Gasteiger partial charge in [-0.05, 0) is 87.5 Å². The lowest BCUT2D eigenvalue weighted by atomic mass is 9.82. The number of anilines is 3. The molecule has 0 bridgehead atoms. The number of fused-ring (bicyclic) bond motifs is 6. The van der Waals surface area contributed by atoms with Gasteiger partial charge in [0.15, 0.2) is 0 Å². The Balaban J connectivity index is 1.18. The summed E-state index contributed by atoms with van der Waals surface area (Å²) >= 11 is 1.87. The maximum Gasteiger partial charge on any atom is 0.0540 e. The first-order chi connectivity index (χ1) is 23.1. The zero-order valence-corrected chi connectivity index (χ0v) is 27.3. The zero-order valence-electron chi connectivity index (χ0n) is 26.4. The Morgan fingerprint density at radius 2 is 1.06 bits per heavy atom. The van der Waals surface area contributed by atoms with Crippen LogP contribution in [0.3, 0.4) is 0 Å². The third-order valence-corrected chi connectivity index (χ3v) is 11.0. The van der Waals surface area contributed by atoms with Crippen LogP contribution in [0.2, 0.25) is 0 Å². The lowest BCUT2D eigenvalue weighted by molar-refractivity contribution is 0.660. The lowest BCUT2D eigenvalue weighted by Crippen LogP contribution is -2.14. The van der Waals surface area contributed by atoms with Crippen LogP contribution in [-0.4, -0.2) is 0 Å². The maximum absolute atomic E-state index is 2.40. The summed E-state index contributed by atoms with van der Waals surface area (Å²) in [4.78, 5) is 2.39. The first kappa shape index (κ1) is 27.8. The summed E-state index contributed by atoms with van der Waals surface area (Å²) in [6, 6.07) is 60.0. The van der Waals surface area contributed by atoms with Crippen LogP contribution in [0.4, 0.5) is 17.1 Å². The first-order valence-electron chi connectivity index (χ1n) is 16.3. The van der Waals surface area contributed by atoms with E-state index in [4.69, 9.17) is 0 Å². The van der Waals surface area contributed by atoms with Crippen LogP contribution in [0, 0.1) is 0 Å². The monoisotopic (exact) mass is 619 g/mol. The van der Waals surface area contributed by atoms with E-state index in [1.54, 1.807) is 0 Å². The van der Waals surface area contributed by atoms with Gasteiger partial charge in [0.25, 0.3) is 0 Å². The lowest BCUT2D eigenvalue weighted by Gasteiger charge is -2.28. The van der Waals surface area contributed by atoms with E-state index in [9.17, 15) is 0 Å². The van der Waals surface area contributed by atoms with E-state index >= 15 is 0 Å². The molecule has 1 aromatic heterocycles. The second-order valence-corrected chi connectivity index (χ2v) is 14.0. The second kappa shape index (κ2) is 10.8. The van der Waals surface area contributed by atoms with Crippen LogP contribution in [0.5, 0.6) is 0 Å². The summed E-state index contributed by atoms with van der Waals surface area (Å²) in [5.74, 6) is 0. The minimum Gasteiger partial charge on any atom is -0.310 e. The molecule has 1 aliphatic rings. The van der Waals surface area contributed by atoms with E-state index < -0.39 is 0 Å². The summed E-state index contributed by atoms with van der Waals surface area (Å²) in [5.41, 5.74) is 13.8. The smallest absolute Gasteiger partial charge is 0.0540 e. The highest BCUT2D eigenvalue weighted by molar-refractivity contribution is 7.25. The van der Waals surface area contributed by atoms with Gasteiger partial charge in [0.2, 0.25) is 0 Å². The van der Waals surface area contributed by atoms with Gasteiger partial charge >= 0.3 is 0 Å². The Morgan fingerprint density at radius 1 is 0.447 bits per heavy atom. The molecule has 8 aromatic rings. The van der Waals surface area contributed by atoms with Crippen molar-refractivity contribution in [3.8, 4) is 33.4 Å². The summed E-state index contributed by atoms with van der Waals surface area (Å²) in [6.45, 7) is 4.68. The average molecular weight is 620 g/mol. The van der Waals surface area contributed by atoms with Crippen molar-refractivity contribution in [2.75, 3.05) is 4.90 Å². The van der Waals surface area contributed by atoms with Crippen molar-refractivity contribution < 1.29 is 0 Å². The highest BCUT2D eigenvalue weighted by atomic mass is 32.1. The number of thiophene rings is 1. The minimum atomic E-state index is -0.0125. The van der Waals surface area contributed by atoms with Crippen molar-refractivity contribution >= 4 is 48.6 Å². The van der Waals surface area contributed by atoms with E-state index in [2.05, 4.69) is 183 Å². The van der Waals surface area contributed by atoms with E-state index in [0.717, 1.165) is 17.1 Å². The van der Waals surface area contributed by atoms with Crippen LogP contribution in [0.1, 0.15) is 25.0 Å². The highest BCUT2D eigenvalue weighted by Crippen LogP contribution is 2.50. The zero-order chi connectivity index (χ0) is 31.5. The molecule has 0 N–H and O–H groups in total. The number of rotatable bonds is 5. The van der Waals surface area contributed by atoms with Crippen LogP contribution < -0.4 is 4.90 Å². The van der Waals surface area contributed by atoms with Gasteiger partial charge in [-0.3, -0.25) is 0 Å². The molecule has 1 heterocycles. The molecule has 0 amide bonds. The van der Waals surface area contributed by atoms with Gasteiger partial charge in [0, 0.05) is 42.5 Å². The molecular formula is C45H33NS. The molecule has 0 spiro atoms. The molecule has 1 aliphatic carbocycles. The molecule has 9 rings (SSSR count). The minimum absolute atomic E-state index is 0.0125. The van der Waals surface area contributed by atoms with Crippen molar-refractivity contribution in [3.05, 3.63) is 175 Å². The van der Waals surface area contributed by atoms with Crippen LogP contribution in [-0.2, 0) is 5.41 Å². The third-order valence-electron chi connectivity index (χ3n) is 9.89. The SMILES string of the molecule is CC1(C)c2ccccc2-c2cc(-c3ccccc3N(c3ccccc3)c3ccc(-c4cccc5sc6ccccc6c45)cc3)ccc21. The maximum atomic E-state index is 2.40. The molecule has 0 saturated carbocycles. The van der Waals surface area contributed by atoms with Crippen molar-refractivity contribution in [2.24, 2.45) is 0 Å². The number of para-hydroxylation sites is 2. The Kier molecular flexibility index (Phi) is 6.41. The molecule has 0 radical (unpaired) electrons. The molecule has 1 nitrogen and oxygen atoms in total. The quantitative estimate of drug-likeness (QED) is 0.185. The van der Waals surface area contributed by atoms with Gasteiger partial charge in [0.05, 0.1) is 5.69 Å². The van der Waals surface area contributed by atoms with Gasteiger partial charge in [-0.15, -0.1) is 11.3 Å². The fraction of sp³-hybridized carbons (Fsp3) is 0.0667. The fourth-order valence-corrected chi connectivity index (χ4v) is 8.74. The number of hydrogen-bond acceptors (Lipinski definition) is 2. The van der Waals surface area contributed by atoms with Gasteiger partial charge in [-0.25, -0.2) is 0 Å². The normalized spacial score (nSPS) is 13.1. The average Bonchev–Trinajstić information content (AvgIpc) is 3.62. The Hall–Kier alpha value is -5.44. The third kappa shape index (κ3) is 4.44. The molecular weight excluding hydrogens is 587 g/mol. The highest BCUT2D eigenvalue weighted by Gasteiger charge is 2.35. The van der Waals surface area contributed by atoms with E-state index in [-0.39, 0.29) is 5.41 Å². The summed E-state index contributed by atoms with van der Waals surface area (Å²) in [7, 11) is 0. The molecule has 0 aliphatic heterocycles. The topological polar surface area (TPSA) is 3.24 Å². The molecule has 0 saturated heterocycles. The summed E-state index contributed by atoms with van der Waals surface area (Å²) in [5, 5.41) is 2.67. The predicted molar refractivity (Wildman–Crippen MR) is 202 cm³/mol. The first-order valence-corrected chi connectivity index (χ1v) is 17.1. The predicted octanol–water partition coefficient (Wildman–Crippen LogP) is 13.2. The largest absolute Gasteiger partial charge is 0.310 e. The molecule has 7 aromatic carbocycles. The van der Waals surface area contributed by atoms with Gasteiger partial charge in [-0.2, -0.15) is 0 Å². The number of benzene rings is 7.